The Morgan fingerprint density at radius 1 is 1.35 bits per heavy atom. The van der Waals surface area contributed by atoms with Crippen molar-refractivity contribution in [3.8, 4) is 11.5 Å². The lowest BCUT2D eigenvalue weighted by molar-refractivity contribution is -0.0515. The zero-order chi connectivity index (χ0) is 17.0. The van der Waals surface area contributed by atoms with E-state index in [0.29, 0.717) is 0 Å². The number of thiazole rings is 1. The molecule has 0 saturated heterocycles. The molecule has 0 atom stereocenters. The van der Waals surface area contributed by atoms with Crippen LogP contribution < -0.4 is 14.8 Å². The second-order valence-corrected chi connectivity index (χ2v) is 5.12. The Balaban J connectivity index is 2.29. The Bertz CT molecular complexity index is 733. The normalized spacial score (nSPS) is 10.5. The number of halogens is 2. The highest BCUT2D eigenvalue weighted by Crippen LogP contribution is 2.33. The van der Waals surface area contributed by atoms with Crippen molar-refractivity contribution < 1.29 is 27.8 Å². The molecule has 0 aliphatic carbocycles. The van der Waals surface area contributed by atoms with E-state index in [-0.39, 0.29) is 33.7 Å². The van der Waals surface area contributed by atoms with Crippen LogP contribution >= 0.6 is 11.3 Å². The summed E-state index contributed by atoms with van der Waals surface area (Å²) in [6.07, 6.45) is 0. The summed E-state index contributed by atoms with van der Waals surface area (Å²) in [5.41, 5.74) is 0.0734. The summed E-state index contributed by atoms with van der Waals surface area (Å²) in [6.45, 7) is -1.76. The average molecular weight is 342 g/mol. The lowest BCUT2D eigenvalue weighted by Crippen LogP contribution is -2.15. The van der Waals surface area contributed by atoms with Crippen molar-refractivity contribution in [2.45, 2.75) is 13.5 Å². The number of benzene rings is 1. The van der Waals surface area contributed by atoms with Crippen LogP contribution in [0.3, 0.4) is 0 Å². The lowest BCUT2D eigenvalue weighted by Gasteiger charge is -2.13. The number of ether oxygens (including phenoxy) is 2. The highest BCUT2D eigenvalue weighted by atomic mass is 32.1. The number of amides is 1. The maximum Gasteiger partial charge on any atom is 0.387 e. The Hall–Kier alpha value is -2.55. The van der Waals surface area contributed by atoms with Gasteiger partial charge in [-0.25, -0.2) is 4.98 Å². The summed E-state index contributed by atoms with van der Waals surface area (Å²) in [6, 6.07) is 4.18. The molecule has 122 valence electrons. The second kappa shape index (κ2) is 7.14. The van der Waals surface area contributed by atoms with Crippen LogP contribution in [-0.2, 0) is 0 Å². The van der Waals surface area contributed by atoms with Crippen molar-refractivity contribution in [1.82, 2.24) is 4.98 Å². The van der Waals surface area contributed by atoms with Crippen molar-refractivity contribution in [2.24, 2.45) is 0 Å². The van der Waals surface area contributed by atoms with E-state index >= 15 is 0 Å². The molecule has 0 fully saturated rings. The van der Waals surface area contributed by atoms with E-state index in [0.717, 1.165) is 11.3 Å². The van der Waals surface area contributed by atoms with Gasteiger partial charge in [0, 0.05) is 12.3 Å². The third-order valence-electron chi connectivity index (χ3n) is 2.74. The van der Waals surface area contributed by atoms with Gasteiger partial charge in [0.05, 0.1) is 12.7 Å². The summed E-state index contributed by atoms with van der Waals surface area (Å²) in [4.78, 5) is 27.4. The number of alkyl halides is 2. The minimum absolute atomic E-state index is 0.00140. The first kappa shape index (κ1) is 16.8. The Morgan fingerprint density at radius 3 is 2.65 bits per heavy atom. The molecule has 0 bridgehead atoms. The number of Topliss-reactive ketones (excluding diaryl/α,β-unsaturated/α-hetero) is 1. The number of carbonyl (C=O) groups is 2. The molecule has 0 spiro atoms. The summed E-state index contributed by atoms with van der Waals surface area (Å²) < 4.78 is 34.4. The fourth-order valence-electron chi connectivity index (χ4n) is 1.72. The van der Waals surface area contributed by atoms with E-state index in [4.69, 9.17) is 4.74 Å². The first-order valence-corrected chi connectivity index (χ1v) is 7.20. The maximum absolute atomic E-state index is 12.5. The van der Waals surface area contributed by atoms with Gasteiger partial charge in [-0.2, -0.15) is 8.78 Å². The van der Waals surface area contributed by atoms with Crippen LogP contribution in [0.4, 0.5) is 13.9 Å². The second-order valence-electron chi connectivity index (χ2n) is 4.26. The highest BCUT2D eigenvalue weighted by molar-refractivity contribution is 7.14. The predicted molar refractivity (Wildman–Crippen MR) is 79.7 cm³/mol. The quantitative estimate of drug-likeness (QED) is 0.816. The SMILES string of the molecule is COc1cccc(C(=O)Nc2nc(C(C)=O)cs2)c1OC(F)F. The third kappa shape index (κ3) is 4.01. The van der Waals surface area contributed by atoms with Crippen molar-refractivity contribution in [3.05, 3.63) is 34.8 Å². The summed E-state index contributed by atoms with van der Waals surface area (Å²) >= 11 is 1.05. The molecule has 1 amide bonds. The van der Waals surface area contributed by atoms with E-state index in [1.807, 2.05) is 0 Å². The van der Waals surface area contributed by atoms with E-state index in [2.05, 4.69) is 15.0 Å². The average Bonchev–Trinajstić information content (AvgIpc) is 2.95. The first-order chi connectivity index (χ1) is 10.9. The smallest absolute Gasteiger partial charge is 0.387 e. The Morgan fingerprint density at radius 2 is 2.09 bits per heavy atom. The fourth-order valence-corrected chi connectivity index (χ4v) is 2.47. The van der Waals surface area contributed by atoms with Gasteiger partial charge < -0.3 is 9.47 Å². The van der Waals surface area contributed by atoms with Crippen LogP contribution in [0.1, 0.15) is 27.8 Å². The molecule has 0 radical (unpaired) electrons. The maximum atomic E-state index is 12.5. The number of nitrogens with one attached hydrogen (secondary N) is 1. The van der Waals surface area contributed by atoms with Crippen molar-refractivity contribution >= 4 is 28.2 Å². The molecule has 23 heavy (non-hydrogen) atoms. The molecular formula is C14H12F2N2O4S. The lowest BCUT2D eigenvalue weighted by atomic mass is 10.1. The summed E-state index contributed by atoms with van der Waals surface area (Å²) in [5, 5.41) is 4.09. The Labute approximate surface area is 134 Å². The van der Waals surface area contributed by atoms with Crippen LogP contribution in [0, 0.1) is 0 Å². The molecule has 1 aromatic carbocycles. The third-order valence-corrected chi connectivity index (χ3v) is 3.49. The van der Waals surface area contributed by atoms with Gasteiger partial charge in [-0.05, 0) is 12.1 Å². The van der Waals surface area contributed by atoms with Gasteiger partial charge in [0.1, 0.15) is 5.69 Å². The molecule has 1 aromatic heterocycles. The number of nitrogens with zero attached hydrogens (tertiary/aromatic N) is 1. The van der Waals surface area contributed by atoms with Gasteiger partial charge in [-0.15, -0.1) is 11.3 Å². The van der Waals surface area contributed by atoms with Crippen LogP contribution in [0.15, 0.2) is 23.6 Å². The Kier molecular flexibility index (Phi) is 5.22. The van der Waals surface area contributed by atoms with Crippen molar-refractivity contribution in [1.29, 1.82) is 0 Å². The van der Waals surface area contributed by atoms with E-state index in [9.17, 15) is 18.4 Å². The fraction of sp³-hybridized carbons (Fsp3) is 0.214. The molecule has 0 aliphatic rings. The van der Waals surface area contributed by atoms with Crippen molar-refractivity contribution in [3.63, 3.8) is 0 Å². The molecule has 6 nitrogen and oxygen atoms in total. The van der Waals surface area contributed by atoms with Gasteiger partial charge in [-0.1, -0.05) is 6.07 Å². The van der Waals surface area contributed by atoms with Crippen LogP contribution in [0.2, 0.25) is 0 Å². The number of anilines is 1. The number of hydrogen-bond donors (Lipinski definition) is 1. The summed E-state index contributed by atoms with van der Waals surface area (Å²) in [7, 11) is 1.27. The molecule has 1 heterocycles. The first-order valence-electron chi connectivity index (χ1n) is 6.32. The minimum atomic E-state index is -3.11. The molecule has 9 heteroatoms. The predicted octanol–water partition coefficient (Wildman–Crippen LogP) is 3.21. The van der Waals surface area contributed by atoms with Gasteiger partial charge in [0.2, 0.25) is 0 Å². The monoisotopic (exact) mass is 342 g/mol. The number of methoxy groups -OCH3 is 1. The summed E-state index contributed by atoms with van der Waals surface area (Å²) in [5.74, 6) is -1.32. The molecule has 0 unspecified atom stereocenters. The molecule has 2 aromatic rings. The van der Waals surface area contributed by atoms with E-state index < -0.39 is 12.5 Å². The number of rotatable bonds is 6. The topological polar surface area (TPSA) is 77.5 Å². The molecule has 2 rings (SSSR count). The number of hydrogen-bond acceptors (Lipinski definition) is 6. The standard InChI is InChI=1S/C14H12F2N2O4S/c1-7(19)9-6-23-14(17-9)18-12(20)8-4-3-5-10(21-2)11(8)22-13(15)16/h3-6,13H,1-2H3,(H,17,18,20). The number of ketones is 1. The highest BCUT2D eigenvalue weighted by Gasteiger charge is 2.21. The molecule has 0 aliphatic heterocycles. The molecular weight excluding hydrogens is 330 g/mol. The van der Waals surface area contributed by atoms with Crippen molar-refractivity contribution in [2.75, 3.05) is 12.4 Å². The van der Waals surface area contributed by atoms with E-state index in [1.165, 1.54) is 37.6 Å². The van der Waals surface area contributed by atoms with Gasteiger partial charge >= 0.3 is 6.61 Å². The molecule has 1 N–H and O–H groups in total. The van der Waals surface area contributed by atoms with Gasteiger partial charge in [0.25, 0.3) is 5.91 Å². The van der Waals surface area contributed by atoms with E-state index in [1.54, 1.807) is 0 Å². The van der Waals surface area contributed by atoms with Gasteiger partial charge in [-0.3, -0.25) is 14.9 Å². The zero-order valence-electron chi connectivity index (χ0n) is 12.1. The largest absolute Gasteiger partial charge is 0.493 e. The molecule has 0 saturated carbocycles. The number of carbonyl (C=O) groups excluding carboxylic acids is 2. The minimum Gasteiger partial charge on any atom is -0.493 e. The number of para-hydroxylation sites is 1. The van der Waals surface area contributed by atoms with Crippen LogP contribution in [0.5, 0.6) is 11.5 Å². The zero-order valence-corrected chi connectivity index (χ0v) is 12.9. The van der Waals surface area contributed by atoms with Gasteiger partial charge in [0.15, 0.2) is 22.4 Å². The number of aromatic nitrogens is 1. The van der Waals surface area contributed by atoms with Crippen LogP contribution in [0.25, 0.3) is 0 Å². The van der Waals surface area contributed by atoms with Crippen LogP contribution in [-0.4, -0.2) is 30.4 Å².